The number of nitrogens with zero attached hydrogens (tertiary/aromatic N) is 2. The number of amides is 2. The quantitative estimate of drug-likeness (QED) is 0.881. The third kappa shape index (κ3) is 3.08. The second-order valence-electron chi connectivity index (χ2n) is 6.68. The van der Waals surface area contributed by atoms with E-state index in [1.54, 1.807) is 12.4 Å². The average molecular weight is 315 g/mol. The first kappa shape index (κ1) is 14.6. The number of carbonyl (C=O) groups excluding carboxylic acids is 2. The lowest BCUT2D eigenvalue weighted by molar-refractivity contribution is -0.165. The van der Waals surface area contributed by atoms with Gasteiger partial charge in [0.15, 0.2) is 6.10 Å². The van der Waals surface area contributed by atoms with Gasteiger partial charge in [0.2, 0.25) is 5.91 Å². The van der Waals surface area contributed by atoms with Crippen LogP contribution in [0.15, 0.2) is 24.5 Å². The molecule has 0 bridgehead atoms. The van der Waals surface area contributed by atoms with E-state index in [-0.39, 0.29) is 30.5 Å². The maximum atomic E-state index is 12.6. The van der Waals surface area contributed by atoms with Crippen molar-refractivity contribution in [3.05, 3.63) is 30.1 Å². The summed E-state index contributed by atoms with van der Waals surface area (Å²) in [5.41, 5.74) is 0.860. The predicted molar refractivity (Wildman–Crippen MR) is 82.3 cm³/mol. The van der Waals surface area contributed by atoms with Crippen LogP contribution in [0.3, 0.4) is 0 Å². The van der Waals surface area contributed by atoms with Crippen molar-refractivity contribution in [2.75, 3.05) is 13.2 Å². The summed E-state index contributed by atoms with van der Waals surface area (Å²) in [5, 5.41) is 2.99. The summed E-state index contributed by atoms with van der Waals surface area (Å²) >= 11 is 0. The lowest BCUT2D eigenvalue weighted by atomic mass is 9.98. The molecule has 23 heavy (non-hydrogen) atoms. The number of carbonyl (C=O) groups is 2. The second kappa shape index (κ2) is 5.92. The number of pyridine rings is 1. The van der Waals surface area contributed by atoms with Crippen LogP contribution in [0.25, 0.3) is 0 Å². The fraction of sp³-hybridized carbons (Fsp3) is 0.588. The summed E-state index contributed by atoms with van der Waals surface area (Å²) in [7, 11) is 0. The molecule has 0 spiro atoms. The topological polar surface area (TPSA) is 71.5 Å². The van der Waals surface area contributed by atoms with Gasteiger partial charge in [-0.1, -0.05) is 6.07 Å². The van der Waals surface area contributed by atoms with Gasteiger partial charge in [0.05, 0.1) is 6.04 Å². The van der Waals surface area contributed by atoms with Gasteiger partial charge in [-0.05, 0) is 43.2 Å². The fourth-order valence-corrected chi connectivity index (χ4v) is 3.18. The standard InChI is InChI=1S/C17H21N3O3/c21-14-10-23-16(17(22)19-8-11-3-4-11)15(20(14)13-5-6-13)12-2-1-7-18-9-12/h1-2,7,9,11,13,15-16H,3-6,8,10H2,(H,19,22)/t15-,16+/m1/s1. The van der Waals surface area contributed by atoms with Gasteiger partial charge in [0.25, 0.3) is 5.91 Å². The Morgan fingerprint density at radius 1 is 1.35 bits per heavy atom. The van der Waals surface area contributed by atoms with Gasteiger partial charge in [-0.2, -0.15) is 0 Å². The fourth-order valence-electron chi connectivity index (χ4n) is 3.18. The summed E-state index contributed by atoms with van der Waals surface area (Å²) in [5.74, 6) is 0.456. The molecule has 3 aliphatic rings. The summed E-state index contributed by atoms with van der Waals surface area (Å²) in [4.78, 5) is 31.0. The van der Waals surface area contributed by atoms with E-state index in [0.29, 0.717) is 12.5 Å². The zero-order valence-corrected chi connectivity index (χ0v) is 13.0. The molecule has 2 aliphatic carbocycles. The molecule has 1 saturated heterocycles. The molecule has 2 heterocycles. The van der Waals surface area contributed by atoms with E-state index in [9.17, 15) is 9.59 Å². The largest absolute Gasteiger partial charge is 0.356 e. The van der Waals surface area contributed by atoms with E-state index < -0.39 is 6.10 Å². The number of ether oxygens (including phenoxy) is 1. The summed E-state index contributed by atoms with van der Waals surface area (Å²) in [6.45, 7) is 0.685. The number of aromatic nitrogens is 1. The van der Waals surface area contributed by atoms with Crippen molar-refractivity contribution >= 4 is 11.8 Å². The Balaban J connectivity index is 1.59. The molecule has 2 saturated carbocycles. The van der Waals surface area contributed by atoms with Crippen LogP contribution in [-0.2, 0) is 14.3 Å². The monoisotopic (exact) mass is 315 g/mol. The van der Waals surface area contributed by atoms with E-state index in [4.69, 9.17) is 4.74 Å². The van der Waals surface area contributed by atoms with Crippen molar-refractivity contribution in [3.63, 3.8) is 0 Å². The summed E-state index contributed by atoms with van der Waals surface area (Å²) < 4.78 is 5.65. The molecule has 0 aromatic carbocycles. The van der Waals surface area contributed by atoms with E-state index in [1.807, 2.05) is 17.0 Å². The van der Waals surface area contributed by atoms with Crippen molar-refractivity contribution in [1.29, 1.82) is 0 Å². The zero-order valence-electron chi connectivity index (χ0n) is 13.0. The number of morpholine rings is 1. The SMILES string of the molecule is O=C(NCC1CC1)[C@H]1OCC(=O)N(C2CC2)[C@@H]1c1cccnc1. The molecule has 6 heteroatoms. The van der Waals surface area contributed by atoms with Crippen LogP contribution in [0.2, 0.25) is 0 Å². The Bertz CT molecular complexity index is 598. The highest BCUT2D eigenvalue weighted by Gasteiger charge is 2.47. The molecule has 1 aromatic heterocycles. The highest BCUT2D eigenvalue weighted by Crippen LogP contribution is 2.39. The molecule has 1 aliphatic heterocycles. The molecule has 1 N–H and O–H groups in total. The van der Waals surface area contributed by atoms with Crippen LogP contribution < -0.4 is 5.32 Å². The molecule has 4 rings (SSSR count). The van der Waals surface area contributed by atoms with Gasteiger partial charge in [0, 0.05) is 25.0 Å². The first-order chi connectivity index (χ1) is 11.2. The lowest BCUT2D eigenvalue weighted by Gasteiger charge is -2.40. The van der Waals surface area contributed by atoms with Crippen LogP contribution in [0.5, 0.6) is 0 Å². The van der Waals surface area contributed by atoms with Gasteiger partial charge < -0.3 is 15.0 Å². The third-order valence-corrected chi connectivity index (χ3v) is 4.75. The Morgan fingerprint density at radius 2 is 2.17 bits per heavy atom. The zero-order chi connectivity index (χ0) is 15.8. The van der Waals surface area contributed by atoms with Crippen LogP contribution in [0.4, 0.5) is 0 Å². The Hall–Kier alpha value is -1.95. The molecule has 2 atom stereocenters. The van der Waals surface area contributed by atoms with Gasteiger partial charge in [-0.25, -0.2) is 0 Å². The van der Waals surface area contributed by atoms with E-state index in [1.165, 1.54) is 12.8 Å². The first-order valence-corrected chi connectivity index (χ1v) is 8.34. The molecule has 0 radical (unpaired) electrons. The number of nitrogens with one attached hydrogen (secondary N) is 1. The normalized spacial score (nSPS) is 27.8. The van der Waals surface area contributed by atoms with Crippen LogP contribution in [-0.4, -0.2) is 47.0 Å². The smallest absolute Gasteiger partial charge is 0.251 e. The van der Waals surface area contributed by atoms with Crippen molar-refractivity contribution in [3.8, 4) is 0 Å². The van der Waals surface area contributed by atoms with Gasteiger partial charge >= 0.3 is 0 Å². The van der Waals surface area contributed by atoms with E-state index in [2.05, 4.69) is 10.3 Å². The summed E-state index contributed by atoms with van der Waals surface area (Å²) in [6, 6.07) is 3.60. The molecular formula is C17H21N3O3. The van der Waals surface area contributed by atoms with Gasteiger partial charge in [-0.15, -0.1) is 0 Å². The summed E-state index contributed by atoms with van der Waals surface area (Å²) in [6.07, 6.45) is 7.13. The van der Waals surface area contributed by atoms with Crippen molar-refractivity contribution < 1.29 is 14.3 Å². The molecule has 6 nitrogen and oxygen atoms in total. The number of rotatable bonds is 5. The lowest BCUT2D eigenvalue weighted by Crippen LogP contribution is -2.55. The average Bonchev–Trinajstić information content (AvgIpc) is 3.47. The first-order valence-electron chi connectivity index (χ1n) is 8.34. The highest BCUT2D eigenvalue weighted by atomic mass is 16.5. The van der Waals surface area contributed by atoms with Crippen LogP contribution in [0.1, 0.15) is 37.3 Å². The molecule has 2 amide bonds. The molecule has 3 fully saturated rings. The molecule has 122 valence electrons. The maximum absolute atomic E-state index is 12.6. The highest BCUT2D eigenvalue weighted by molar-refractivity contribution is 5.86. The molecule has 1 aromatic rings. The van der Waals surface area contributed by atoms with Gasteiger partial charge in [0.1, 0.15) is 6.61 Å². The van der Waals surface area contributed by atoms with Crippen LogP contribution in [0, 0.1) is 5.92 Å². The van der Waals surface area contributed by atoms with Gasteiger partial charge in [-0.3, -0.25) is 14.6 Å². The Morgan fingerprint density at radius 3 is 2.83 bits per heavy atom. The predicted octanol–water partition coefficient (Wildman–Crippen LogP) is 1.04. The molecule has 0 unspecified atom stereocenters. The van der Waals surface area contributed by atoms with E-state index in [0.717, 1.165) is 18.4 Å². The van der Waals surface area contributed by atoms with E-state index >= 15 is 0 Å². The van der Waals surface area contributed by atoms with Crippen LogP contribution >= 0.6 is 0 Å². The minimum Gasteiger partial charge on any atom is -0.356 e. The van der Waals surface area contributed by atoms with Crippen molar-refractivity contribution in [2.45, 2.75) is 43.9 Å². The third-order valence-electron chi connectivity index (χ3n) is 4.75. The minimum absolute atomic E-state index is 0.0191. The van der Waals surface area contributed by atoms with Crippen molar-refractivity contribution in [2.24, 2.45) is 5.92 Å². The Labute approximate surface area is 135 Å². The maximum Gasteiger partial charge on any atom is 0.251 e. The number of hydrogen-bond acceptors (Lipinski definition) is 4. The van der Waals surface area contributed by atoms with Crippen molar-refractivity contribution in [1.82, 2.24) is 15.2 Å². The number of hydrogen-bond donors (Lipinski definition) is 1. The second-order valence-corrected chi connectivity index (χ2v) is 6.68. The Kier molecular flexibility index (Phi) is 3.77. The minimum atomic E-state index is -0.656. The molecular weight excluding hydrogens is 294 g/mol.